The second-order valence-corrected chi connectivity index (χ2v) is 5.57. The maximum atomic E-state index is 10.7. The fraction of sp³-hybridized carbons (Fsp3) is 0.188. The average Bonchev–Trinajstić information content (AvgIpc) is 2.54. The zero-order chi connectivity index (χ0) is 16.7. The van der Waals surface area contributed by atoms with Crippen LogP contribution in [0.25, 0.3) is 0 Å². The first-order valence-corrected chi connectivity index (χ1v) is 7.85. The highest BCUT2D eigenvalue weighted by Crippen LogP contribution is 2.25. The fourth-order valence-corrected chi connectivity index (χ4v) is 2.31. The van der Waals surface area contributed by atoms with Crippen LogP contribution >= 0.6 is 15.9 Å². The van der Waals surface area contributed by atoms with Gasteiger partial charge in [-0.15, -0.1) is 0 Å². The molecule has 1 N–H and O–H groups in total. The maximum Gasteiger partial charge on any atom is 0.271 e. The number of ether oxygens (including phenoxy) is 1. The van der Waals surface area contributed by atoms with Crippen molar-refractivity contribution in [2.75, 3.05) is 12.0 Å². The van der Waals surface area contributed by atoms with Crippen LogP contribution in [0.1, 0.15) is 18.9 Å². The van der Waals surface area contributed by atoms with E-state index in [1.807, 2.05) is 18.2 Å². The summed E-state index contributed by atoms with van der Waals surface area (Å²) in [5.74, 6) is 0.788. The summed E-state index contributed by atoms with van der Waals surface area (Å²) in [4.78, 5) is 10.3. The van der Waals surface area contributed by atoms with E-state index in [9.17, 15) is 10.1 Å². The highest BCUT2D eigenvalue weighted by molar-refractivity contribution is 9.10. The van der Waals surface area contributed by atoms with E-state index in [1.54, 1.807) is 18.3 Å². The molecule has 0 aliphatic rings. The Balaban J connectivity index is 2.01. The Morgan fingerprint density at radius 2 is 2.17 bits per heavy atom. The predicted molar refractivity (Wildman–Crippen MR) is 94.2 cm³/mol. The average molecular weight is 378 g/mol. The van der Waals surface area contributed by atoms with Gasteiger partial charge in [-0.05, 0) is 52.2 Å². The van der Waals surface area contributed by atoms with Gasteiger partial charge < -0.3 is 4.74 Å². The Bertz CT molecular complexity index is 719. The number of nitrogens with one attached hydrogen (secondary N) is 1. The largest absolute Gasteiger partial charge is 0.492 e. The molecule has 2 aromatic carbocycles. The van der Waals surface area contributed by atoms with Gasteiger partial charge in [0.2, 0.25) is 0 Å². The van der Waals surface area contributed by atoms with Gasteiger partial charge in [-0.1, -0.05) is 13.0 Å². The molecule has 0 aliphatic carbocycles. The smallest absolute Gasteiger partial charge is 0.271 e. The van der Waals surface area contributed by atoms with E-state index in [2.05, 4.69) is 33.4 Å². The zero-order valence-electron chi connectivity index (χ0n) is 12.5. The van der Waals surface area contributed by atoms with E-state index < -0.39 is 4.92 Å². The van der Waals surface area contributed by atoms with Crippen LogP contribution in [0, 0.1) is 10.1 Å². The highest BCUT2D eigenvalue weighted by Gasteiger charge is 2.04. The number of hydrazone groups is 1. The van der Waals surface area contributed by atoms with Crippen molar-refractivity contribution in [1.29, 1.82) is 0 Å². The molecule has 0 aromatic heterocycles. The lowest BCUT2D eigenvalue weighted by Crippen LogP contribution is -1.96. The first-order valence-electron chi connectivity index (χ1n) is 7.06. The quantitative estimate of drug-likeness (QED) is 0.434. The molecule has 0 bridgehead atoms. The van der Waals surface area contributed by atoms with Gasteiger partial charge >= 0.3 is 0 Å². The van der Waals surface area contributed by atoms with Crippen molar-refractivity contribution in [2.45, 2.75) is 13.3 Å². The lowest BCUT2D eigenvalue weighted by atomic mass is 10.2. The third-order valence-corrected chi connectivity index (χ3v) is 3.50. The van der Waals surface area contributed by atoms with Crippen molar-refractivity contribution in [1.82, 2.24) is 0 Å². The lowest BCUT2D eigenvalue weighted by Gasteiger charge is -2.07. The first-order chi connectivity index (χ1) is 11.1. The third kappa shape index (κ3) is 5.07. The number of hydrogen-bond acceptors (Lipinski definition) is 5. The predicted octanol–water partition coefficient (Wildman–Crippen LogP) is 4.59. The van der Waals surface area contributed by atoms with Crippen molar-refractivity contribution in [3.8, 4) is 5.75 Å². The number of anilines is 1. The Morgan fingerprint density at radius 3 is 2.87 bits per heavy atom. The number of nitrogens with zero attached hydrogens (tertiary/aromatic N) is 2. The van der Waals surface area contributed by atoms with Crippen LogP contribution in [0.3, 0.4) is 0 Å². The van der Waals surface area contributed by atoms with E-state index in [4.69, 9.17) is 4.74 Å². The summed E-state index contributed by atoms with van der Waals surface area (Å²) in [5, 5.41) is 14.8. The van der Waals surface area contributed by atoms with Gasteiger partial charge in [0.1, 0.15) is 5.75 Å². The van der Waals surface area contributed by atoms with Crippen molar-refractivity contribution < 1.29 is 9.66 Å². The molecule has 0 radical (unpaired) electrons. The lowest BCUT2D eigenvalue weighted by molar-refractivity contribution is -0.384. The Kier molecular flexibility index (Phi) is 6.10. The van der Waals surface area contributed by atoms with Gasteiger partial charge in [-0.25, -0.2) is 0 Å². The van der Waals surface area contributed by atoms with E-state index in [0.717, 1.165) is 22.2 Å². The minimum absolute atomic E-state index is 0.0189. The Hall–Kier alpha value is -2.41. The number of nitro groups is 1. The summed E-state index contributed by atoms with van der Waals surface area (Å²) in [6.45, 7) is 2.72. The van der Waals surface area contributed by atoms with Crippen LogP contribution in [0.4, 0.5) is 11.4 Å². The van der Waals surface area contributed by atoms with Gasteiger partial charge in [-0.3, -0.25) is 15.5 Å². The number of non-ortho nitro benzene ring substituents is 1. The number of halogens is 1. The van der Waals surface area contributed by atoms with E-state index in [1.165, 1.54) is 12.1 Å². The molecule has 120 valence electrons. The molecule has 0 amide bonds. The summed E-state index contributed by atoms with van der Waals surface area (Å²) in [6.07, 6.45) is 2.58. The van der Waals surface area contributed by atoms with Crippen LogP contribution in [-0.2, 0) is 0 Å². The maximum absolute atomic E-state index is 10.7. The molecule has 0 unspecified atom stereocenters. The Morgan fingerprint density at radius 1 is 1.35 bits per heavy atom. The van der Waals surface area contributed by atoms with Gasteiger partial charge in [0.15, 0.2) is 0 Å². The molecule has 0 spiro atoms. The molecular formula is C16H16BrN3O3. The minimum atomic E-state index is -0.443. The molecule has 2 rings (SSSR count). The van der Waals surface area contributed by atoms with Gasteiger partial charge in [0.05, 0.1) is 27.9 Å². The molecule has 7 heteroatoms. The molecule has 2 aromatic rings. The van der Waals surface area contributed by atoms with Crippen LogP contribution < -0.4 is 10.2 Å². The van der Waals surface area contributed by atoms with Gasteiger partial charge in [0, 0.05) is 12.1 Å². The van der Waals surface area contributed by atoms with Crippen LogP contribution in [-0.4, -0.2) is 17.7 Å². The molecular weight excluding hydrogens is 362 g/mol. The van der Waals surface area contributed by atoms with E-state index in [0.29, 0.717) is 12.3 Å². The second-order valence-electron chi connectivity index (χ2n) is 4.72. The number of nitro benzene ring substituents is 1. The third-order valence-electron chi connectivity index (χ3n) is 2.88. The summed E-state index contributed by atoms with van der Waals surface area (Å²) in [6, 6.07) is 11.8. The fourth-order valence-electron chi connectivity index (χ4n) is 1.80. The van der Waals surface area contributed by atoms with Crippen LogP contribution in [0.5, 0.6) is 5.75 Å². The number of hydrogen-bond donors (Lipinski definition) is 1. The van der Waals surface area contributed by atoms with E-state index in [-0.39, 0.29) is 5.69 Å². The number of benzene rings is 2. The topological polar surface area (TPSA) is 76.8 Å². The molecule has 0 fully saturated rings. The molecule has 23 heavy (non-hydrogen) atoms. The van der Waals surface area contributed by atoms with Crippen LogP contribution in [0.2, 0.25) is 0 Å². The van der Waals surface area contributed by atoms with Crippen molar-refractivity contribution in [3.05, 3.63) is 62.6 Å². The highest BCUT2D eigenvalue weighted by atomic mass is 79.9. The van der Waals surface area contributed by atoms with Crippen molar-refractivity contribution in [3.63, 3.8) is 0 Å². The normalized spacial score (nSPS) is 10.7. The monoisotopic (exact) mass is 377 g/mol. The SMILES string of the molecule is CCCOc1ccc(C=NNc2cccc([N+](=O)[O-])c2)cc1Br. The van der Waals surface area contributed by atoms with Crippen LogP contribution in [0.15, 0.2) is 52.0 Å². The first kappa shape index (κ1) is 17.0. The summed E-state index contributed by atoms with van der Waals surface area (Å²) < 4.78 is 6.43. The summed E-state index contributed by atoms with van der Waals surface area (Å²) >= 11 is 3.46. The van der Waals surface area contributed by atoms with Crippen molar-refractivity contribution in [2.24, 2.45) is 5.10 Å². The van der Waals surface area contributed by atoms with Crippen molar-refractivity contribution >= 4 is 33.5 Å². The summed E-state index contributed by atoms with van der Waals surface area (Å²) in [7, 11) is 0. The second kappa shape index (κ2) is 8.28. The standard InChI is InChI=1S/C16H16BrN3O3/c1-2-8-23-16-7-6-12(9-15(16)17)11-18-19-13-4-3-5-14(10-13)20(21)22/h3-7,9-11,19H,2,8H2,1H3. The zero-order valence-corrected chi connectivity index (χ0v) is 14.1. The molecule has 6 nitrogen and oxygen atoms in total. The summed E-state index contributed by atoms with van der Waals surface area (Å²) in [5.41, 5.74) is 4.22. The van der Waals surface area contributed by atoms with Gasteiger partial charge in [0.25, 0.3) is 5.69 Å². The molecule has 0 saturated carbocycles. The molecule has 0 aliphatic heterocycles. The molecule has 0 saturated heterocycles. The van der Waals surface area contributed by atoms with E-state index >= 15 is 0 Å². The molecule has 0 atom stereocenters. The number of rotatable bonds is 7. The Labute approximate surface area is 142 Å². The minimum Gasteiger partial charge on any atom is -0.492 e. The van der Waals surface area contributed by atoms with Gasteiger partial charge in [-0.2, -0.15) is 5.10 Å². The molecule has 0 heterocycles.